The molecule has 1 aliphatic heterocycles. The summed E-state index contributed by atoms with van der Waals surface area (Å²) in [5.74, 6) is 0.0552. The lowest BCUT2D eigenvalue weighted by atomic mass is 10.3. The first-order chi connectivity index (χ1) is 8.66. The summed E-state index contributed by atoms with van der Waals surface area (Å²) in [5, 5.41) is 9.31. The van der Waals surface area contributed by atoms with Crippen molar-refractivity contribution in [3.63, 3.8) is 0 Å². The van der Waals surface area contributed by atoms with Crippen LogP contribution in [0.2, 0.25) is 0 Å². The van der Waals surface area contributed by atoms with Gasteiger partial charge in [0.2, 0.25) is 0 Å². The number of aryl methyl sites for hydroxylation is 1. The van der Waals surface area contributed by atoms with Crippen molar-refractivity contribution in [1.82, 2.24) is 4.90 Å². The normalized spacial score (nSPS) is 17.4. The topological polar surface area (TPSA) is 40.5 Å². The number of carbonyl (C=O) groups excluding carboxylic acids is 1. The third-order valence-electron chi connectivity index (χ3n) is 2.40. The van der Waals surface area contributed by atoms with E-state index in [0.717, 1.165) is 9.75 Å². The molecule has 0 radical (unpaired) electrons. The molecule has 2 heterocycles. The Kier molecular flexibility index (Phi) is 8.67. The van der Waals surface area contributed by atoms with Gasteiger partial charge in [0.1, 0.15) is 0 Å². The van der Waals surface area contributed by atoms with Crippen molar-refractivity contribution in [2.45, 2.75) is 47.1 Å². The molecule has 1 N–H and O–H groups in total. The molecule has 1 aromatic rings. The Bertz CT molecular complexity index is 349. The quantitative estimate of drug-likeness (QED) is 0.851. The standard InChI is InChI=1S/C10H13NO2S.2C2H6/c1-7-2-3-9(14-7)10(13)11-5-4-8(12)6-11;2*1-2/h2-3,8,12H,4-6H2,1H3;2*1-2H3. The van der Waals surface area contributed by atoms with E-state index in [1.807, 2.05) is 46.8 Å². The van der Waals surface area contributed by atoms with E-state index < -0.39 is 0 Å². The Morgan fingerprint density at radius 3 is 2.33 bits per heavy atom. The molecule has 1 unspecified atom stereocenters. The first-order valence-corrected chi connectivity index (χ1v) is 7.52. The van der Waals surface area contributed by atoms with Gasteiger partial charge in [-0.2, -0.15) is 0 Å². The van der Waals surface area contributed by atoms with Crippen molar-refractivity contribution in [3.05, 3.63) is 21.9 Å². The molecule has 2 rings (SSSR count). The van der Waals surface area contributed by atoms with Gasteiger partial charge in [0.15, 0.2) is 0 Å². The lowest BCUT2D eigenvalue weighted by Gasteiger charge is -2.13. The predicted molar refractivity (Wildman–Crippen MR) is 78.3 cm³/mol. The molecule has 1 atom stereocenters. The fourth-order valence-corrected chi connectivity index (χ4v) is 2.47. The number of nitrogens with zero attached hydrogens (tertiary/aromatic N) is 1. The van der Waals surface area contributed by atoms with Crippen LogP contribution < -0.4 is 0 Å². The lowest BCUT2D eigenvalue weighted by Crippen LogP contribution is -2.28. The number of likely N-dealkylation sites (tertiary alicyclic amines) is 1. The van der Waals surface area contributed by atoms with Crippen molar-refractivity contribution in [3.8, 4) is 0 Å². The number of hydrogen-bond acceptors (Lipinski definition) is 3. The van der Waals surface area contributed by atoms with Crippen LogP contribution in [0.3, 0.4) is 0 Å². The van der Waals surface area contributed by atoms with Crippen LogP contribution >= 0.6 is 11.3 Å². The molecule has 0 saturated carbocycles. The van der Waals surface area contributed by atoms with Gasteiger partial charge in [-0.05, 0) is 25.5 Å². The highest BCUT2D eigenvalue weighted by Crippen LogP contribution is 2.19. The maximum atomic E-state index is 11.8. The molecule has 1 amide bonds. The van der Waals surface area contributed by atoms with E-state index in [0.29, 0.717) is 19.5 Å². The lowest BCUT2D eigenvalue weighted by molar-refractivity contribution is 0.0769. The van der Waals surface area contributed by atoms with Gasteiger partial charge >= 0.3 is 0 Å². The highest BCUT2D eigenvalue weighted by Gasteiger charge is 2.25. The van der Waals surface area contributed by atoms with E-state index in [2.05, 4.69) is 0 Å². The molecule has 1 fully saturated rings. The smallest absolute Gasteiger partial charge is 0.264 e. The number of hydrogen-bond donors (Lipinski definition) is 1. The van der Waals surface area contributed by atoms with Crippen LogP contribution in [0.25, 0.3) is 0 Å². The van der Waals surface area contributed by atoms with Crippen LogP contribution in [0.4, 0.5) is 0 Å². The maximum Gasteiger partial charge on any atom is 0.264 e. The summed E-state index contributed by atoms with van der Waals surface area (Å²) in [6, 6.07) is 3.80. The number of rotatable bonds is 1. The van der Waals surface area contributed by atoms with Gasteiger partial charge < -0.3 is 10.0 Å². The molecule has 3 nitrogen and oxygen atoms in total. The molecule has 0 aromatic carbocycles. The van der Waals surface area contributed by atoms with Crippen LogP contribution in [-0.4, -0.2) is 35.1 Å². The predicted octanol–water partition coefficient (Wildman–Crippen LogP) is 3.32. The van der Waals surface area contributed by atoms with Crippen LogP contribution in [0.5, 0.6) is 0 Å². The van der Waals surface area contributed by atoms with Gasteiger partial charge in [0.25, 0.3) is 5.91 Å². The Hall–Kier alpha value is -0.870. The largest absolute Gasteiger partial charge is 0.391 e. The number of aliphatic hydroxyl groups is 1. The summed E-state index contributed by atoms with van der Waals surface area (Å²) in [7, 11) is 0. The second-order valence-corrected chi connectivity index (χ2v) is 4.89. The zero-order chi connectivity index (χ0) is 14.1. The van der Waals surface area contributed by atoms with Gasteiger partial charge in [-0.15, -0.1) is 11.3 Å². The minimum Gasteiger partial charge on any atom is -0.391 e. The van der Waals surface area contributed by atoms with Crippen LogP contribution in [0, 0.1) is 6.92 Å². The Balaban J connectivity index is 0.000000659. The molecule has 0 spiro atoms. The molecule has 0 aliphatic carbocycles. The number of aliphatic hydroxyl groups excluding tert-OH is 1. The van der Waals surface area contributed by atoms with Crippen LogP contribution in [-0.2, 0) is 0 Å². The molecule has 4 heteroatoms. The third kappa shape index (κ3) is 4.78. The second-order valence-electron chi connectivity index (χ2n) is 3.60. The van der Waals surface area contributed by atoms with Crippen LogP contribution in [0.1, 0.15) is 48.7 Å². The summed E-state index contributed by atoms with van der Waals surface area (Å²) in [5.41, 5.74) is 0. The van der Waals surface area contributed by atoms with E-state index in [1.165, 1.54) is 11.3 Å². The molecule has 18 heavy (non-hydrogen) atoms. The van der Waals surface area contributed by atoms with Crippen molar-refractivity contribution in [1.29, 1.82) is 0 Å². The zero-order valence-electron chi connectivity index (χ0n) is 12.1. The monoisotopic (exact) mass is 271 g/mol. The molecule has 1 aliphatic rings. The Morgan fingerprint density at radius 1 is 1.33 bits per heavy atom. The minimum atomic E-state index is -0.333. The Labute approximate surface area is 114 Å². The fraction of sp³-hybridized carbons (Fsp3) is 0.643. The first-order valence-electron chi connectivity index (χ1n) is 6.70. The molecule has 1 saturated heterocycles. The third-order valence-corrected chi connectivity index (χ3v) is 3.39. The summed E-state index contributed by atoms with van der Waals surface area (Å²) >= 11 is 1.51. The summed E-state index contributed by atoms with van der Waals surface area (Å²) in [6.45, 7) is 11.1. The zero-order valence-corrected chi connectivity index (χ0v) is 12.9. The Morgan fingerprint density at radius 2 is 1.94 bits per heavy atom. The minimum absolute atomic E-state index is 0.0552. The van der Waals surface area contributed by atoms with E-state index in [-0.39, 0.29) is 12.0 Å². The molecule has 0 bridgehead atoms. The fourth-order valence-electron chi connectivity index (χ4n) is 1.63. The summed E-state index contributed by atoms with van der Waals surface area (Å²) in [4.78, 5) is 15.5. The number of carbonyl (C=O) groups is 1. The van der Waals surface area contributed by atoms with E-state index in [4.69, 9.17) is 0 Å². The van der Waals surface area contributed by atoms with Gasteiger partial charge in [0.05, 0.1) is 11.0 Å². The summed E-state index contributed by atoms with van der Waals surface area (Å²) < 4.78 is 0. The van der Waals surface area contributed by atoms with Crippen molar-refractivity contribution in [2.24, 2.45) is 0 Å². The highest BCUT2D eigenvalue weighted by molar-refractivity contribution is 7.13. The average Bonchev–Trinajstić information content (AvgIpc) is 3.02. The average molecular weight is 271 g/mol. The van der Waals surface area contributed by atoms with Gasteiger partial charge in [0, 0.05) is 18.0 Å². The molecular formula is C14H25NO2S. The molecule has 1 aromatic heterocycles. The van der Waals surface area contributed by atoms with Crippen molar-refractivity contribution < 1.29 is 9.90 Å². The van der Waals surface area contributed by atoms with Gasteiger partial charge in [-0.25, -0.2) is 0 Å². The van der Waals surface area contributed by atoms with Gasteiger partial charge in [-0.1, -0.05) is 27.7 Å². The SMILES string of the molecule is CC.CC.Cc1ccc(C(=O)N2CCC(O)C2)s1. The summed E-state index contributed by atoms with van der Waals surface area (Å²) in [6.07, 6.45) is 0.371. The first kappa shape index (κ1) is 17.1. The van der Waals surface area contributed by atoms with Crippen molar-refractivity contribution >= 4 is 17.2 Å². The van der Waals surface area contributed by atoms with E-state index in [9.17, 15) is 9.90 Å². The maximum absolute atomic E-state index is 11.8. The second kappa shape index (κ2) is 9.11. The highest BCUT2D eigenvalue weighted by atomic mass is 32.1. The van der Waals surface area contributed by atoms with Crippen molar-refractivity contribution in [2.75, 3.05) is 13.1 Å². The van der Waals surface area contributed by atoms with Gasteiger partial charge in [-0.3, -0.25) is 4.79 Å². The molecule has 104 valence electrons. The van der Waals surface area contributed by atoms with Crippen LogP contribution in [0.15, 0.2) is 12.1 Å². The number of β-amino-alcohol motifs (C(OH)–C–C–N with tert-alkyl or cyclic N) is 1. The number of thiophene rings is 1. The molecular weight excluding hydrogens is 246 g/mol. The number of amides is 1. The van der Waals surface area contributed by atoms with E-state index >= 15 is 0 Å². The van der Waals surface area contributed by atoms with E-state index in [1.54, 1.807) is 4.90 Å².